The van der Waals surface area contributed by atoms with E-state index >= 15 is 0 Å². The van der Waals surface area contributed by atoms with Gasteiger partial charge in [-0.1, -0.05) is 0 Å². The summed E-state index contributed by atoms with van der Waals surface area (Å²) < 4.78 is 0. The maximum Gasteiger partial charge on any atom is 0.0817 e. The standard InChI is InChI=1S/C6H12N2/c7-6-8-4-2-1-3-5-8/h6-7H,1-5H2. The van der Waals surface area contributed by atoms with Gasteiger partial charge >= 0.3 is 0 Å². The third-order valence-corrected chi connectivity index (χ3v) is 1.57. The summed E-state index contributed by atoms with van der Waals surface area (Å²) in [6.45, 7) is 2.20. The van der Waals surface area contributed by atoms with Crippen LogP contribution in [0.3, 0.4) is 0 Å². The minimum absolute atomic E-state index is 1.10. The summed E-state index contributed by atoms with van der Waals surface area (Å²) in [7, 11) is 0. The Bertz CT molecular complexity index is 74.6. The Morgan fingerprint density at radius 2 is 1.75 bits per heavy atom. The molecule has 0 aliphatic carbocycles. The van der Waals surface area contributed by atoms with Gasteiger partial charge in [0.05, 0.1) is 6.34 Å². The van der Waals surface area contributed by atoms with Crippen molar-refractivity contribution >= 4 is 6.34 Å². The van der Waals surface area contributed by atoms with Gasteiger partial charge in [0.15, 0.2) is 0 Å². The molecule has 2 nitrogen and oxygen atoms in total. The van der Waals surface area contributed by atoms with Crippen molar-refractivity contribution in [3.8, 4) is 0 Å². The zero-order valence-electron chi connectivity index (χ0n) is 5.06. The van der Waals surface area contributed by atoms with Crippen LogP contribution >= 0.6 is 0 Å². The Morgan fingerprint density at radius 1 is 1.12 bits per heavy atom. The van der Waals surface area contributed by atoms with Gasteiger partial charge < -0.3 is 4.90 Å². The second-order valence-electron chi connectivity index (χ2n) is 2.23. The summed E-state index contributed by atoms with van der Waals surface area (Å²) >= 11 is 0. The predicted molar refractivity (Wildman–Crippen MR) is 34.2 cm³/mol. The van der Waals surface area contributed by atoms with E-state index in [0.29, 0.717) is 0 Å². The highest BCUT2D eigenvalue weighted by Crippen LogP contribution is 2.05. The average molecular weight is 112 g/mol. The lowest BCUT2D eigenvalue weighted by Gasteiger charge is -2.22. The minimum Gasteiger partial charge on any atom is -0.363 e. The van der Waals surface area contributed by atoms with Crippen LogP contribution in [0.15, 0.2) is 0 Å². The SMILES string of the molecule is N=CN1CCCCC1. The van der Waals surface area contributed by atoms with E-state index in [0.717, 1.165) is 13.1 Å². The van der Waals surface area contributed by atoms with Gasteiger partial charge in [0.1, 0.15) is 0 Å². The van der Waals surface area contributed by atoms with Crippen LogP contribution in [0.4, 0.5) is 0 Å². The Labute approximate surface area is 50.0 Å². The average Bonchev–Trinajstić information content (AvgIpc) is 1.90. The highest BCUT2D eigenvalue weighted by Gasteiger charge is 2.03. The molecule has 2 heteroatoms. The largest absolute Gasteiger partial charge is 0.363 e. The van der Waals surface area contributed by atoms with E-state index in [1.807, 2.05) is 0 Å². The molecule has 1 heterocycles. The zero-order chi connectivity index (χ0) is 5.82. The first kappa shape index (κ1) is 5.60. The third kappa shape index (κ3) is 1.22. The second-order valence-corrected chi connectivity index (χ2v) is 2.23. The molecular weight excluding hydrogens is 100 g/mol. The molecule has 8 heavy (non-hydrogen) atoms. The van der Waals surface area contributed by atoms with Crippen molar-refractivity contribution in [1.29, 1.82) is 5.41 Å². The van der Waals surface area contributed by atoms with Gasteiger partial charge in [-0.3, -0.25) is 5.41 Å². The van der Waals surface area contributed by atoms with Crippen molar-refractivity contribution in [3.05, 3.63) is 0 Å². The van der Waals surface area contributed by atoms with Gasteiger partial charge in [-0.2, -0.15) is 0 Å². The van der Waals surface area contributed by atoms with Crippen molar-refractivity contribution < 1.29 is 0 Å². The maximum absolute atomic E-state index is 6.90. The van der Waals surface area contributed by atoms with Crippen molar-refractivity contribution in [1.82, 2.24) is 4.90 Å². The van der Waals surface area contributed by atoms with E-state index in [4.69, 9.17) is 5.41 Å². The number of rotatable bonds is 1. The van der Waals surface area contributed by atoms with Crippen LogP contribution in [-0.4, -0.2) is 24.3 Å². The monoisotopic (exact) mass is 112 g/mol. The zero-order valence-corrected chi connectivity index (χ0v) is 5.06. The van der Waals surface area contributed by atoms with Crippen molar-refractivity contribution in [3.63, 3.8) is 0 Å². The van der Waals surface area contributed by atoms with Crippen LogP contribution in [0, 0.1) is 5.41 Å². The fourth-order valence-electron chi connectivity index (χ4n) is 1.05. The molecule has 46 valence electrons. The maximum atomic E-state index is 6.90. The fraction of sp³-hybridized carbons (Fsp3) is 0.833. The molecule has 0 bridgehead atoms. The molecule has 0 unspecified atom stereocenters. The molecule has 0 spiro atoms. The number of nitrogens with zero attached hydrogens (tertiary/aromatic N) is 1. The molecule has 1 aliphatic heterocycles. The highest BCUT2D eigenvalue weighted by molar-refractivity contribution is 5.50. The Kier molecular flexibility index (Phi) is 1.89. The van der Waals surface area contributed by atoms with Gasteiger partial charge in [0.25, 0.3) is 0 Å². The molecule has 0 saturated carbocycles. The number of hydrogen-bond donors (Lipinski definition) is 1. The van der Waals surface area contributed by atoms with Crippen molar-refractivity contribution in [2.24, 2.45) is 0 Å². The van der Waals surface area contributed by atoms with Crippen LogP contribution < -0.4 is 0 Å². The van der Waals surface area contributed by atoms with Crippen LogP contribution in [0.5, 0.6) is 0 Å². The molecule has 1 fully saturated rings. The summed E-state index contributed by atoms with van der Waals surface area (Å²) in [5.41, 5.74) is 0. The number of likely N-dealkylation sites (tertiary alicyclic amines) is 1. The first-order valence-electron chi connectivity index (χ1n) is 3.18. The first-order valence-corrected chi connectivity index (χ1v) is 3.18. The molecule has 0 aromatic heterocycles. The summed E-state index contributed by atoms with van der Waals surface area (Å²) in [6.07, 6.45) is 5.34. The Balaban J connectivity index is 2.22. The number of nitrogens with one attached hydrogen (secondary N) is 1. The van der Waals surface area contributed by atoms with E-state index in [2.05, 4.69) is 4.90 Å². The van der Waals surface area contributed by atoms with Crippen LogP contribution in [0.25, 0.3) is 0 Å². The van der Waals surface area contributed by atoms with Crippen molar-refractivity contribution in [2.45, 2.75) is 19.3 Å². The summed E-state index contributed by atoms with van der Waals surface area (Å²) in [5, 5.41) is 6.90. The number of piperidine rings is 1. The molecular formula is C6H12N2. The van der Waals surface area contributed by atoms with E-state index in [1.165, 1.54) is 25.6 Å². The lowest BCUT2D eigenvalue weighted by atomic mass is 10.1. The van der Waals surface area contributed by atoms with E-state index in [-0.39, 0.29) is 0 Å². The van der Waals surface area contributed by atoms with Gasteiger partial charge in [-0.15, -0.1) is 0 Å². The lowest BCUT2D eigenvalue weighted by Crippen LogP contribution is -2.27. The Morgan fingerprint density at radius 3 is 2.12 bits per heavy atom. The molecule has 1 aliphatic rings. The van der Waals surface area contributed by atoms with Gasteiger partial charge in [-0.25, -0.2) is 0 Å². The highest BCUT2D eigenvalue weighted by atomic mass is 15.1. The molecule has 1 N–H and O–H groups in total. The Hall–Kier alpha value is -0.530. The molecule has 0 aromatic rings. The van der Waals surface area contributed by atoms with Crippen LogP contribution in [0.1, 0.15) is 19.3 Å². The summed E-state index contributed by atoms with van der Waals surface area (Å²) in [4.78, 5) is 2.06. The van der Waals surface area contributed by atoms with E-state index < -0.39 is 0 Å². The second kappa shape index (κ2) is 2.70. The van der Waals surface area contributed by atoms with Crippen LogP contribution in [0.2, 0.25) is 0 Å². The van der Waals surface area contributed by atoms with Gasteiger partial charge in [0, 0.05) is 13.1 Å². The van der Waals surface area contributed by atoms with Gasteiger partial charge in [0.2, 0.25) is 0 Å². The molecule has 0 aromatic carbocycles. The molecule has 0 amide bonds. The topological polar surface area (TPSA) is 27.1 Å². The summed E-state index contributed by atoms with van der Waals surface area (Å²) in [5.74, 6) is 0. The van der Waals surface area contributed by atoms with E-state index in [9.17, 15) is 0 Å². The number of hydrogen-bond acceptors (Lipinski definition) is 1. The molecule has 1 saturated heterocycles. The molecule has 1 rings (SSSR count). The predicted octanol–water partition coefficient (Wildman–Crippen LogP) is 1.08. The fourth-order valence-corrected chi connectivity index (χ4v) is 1.05. The lowest BCUT2D eigenvalue weighted by molar-refractivity contribution is 0.349. The first-order chi connectivity index (χ1) is 3.93. The normalized spacial score (nSPS) is 20.8. The summed E-state index contributed by atoms with van der Waals surface area (Å²) in [6, 6.07) is 0. The quantitative estimate of drug-likeness (QED) is 0.399. The van der Waals surface area contributed by atoms with Crippen LogP contribution in [-0.2, 0) is 0 Å². The van der Waals surface area contributed by atoms with Gasteiger partial charge in [-0.05, 0) is 19.3 Å². The van der Waals surface area contributed by atoms with Crippen molar-refractivity contribution in [2.75, 3.05) is 13.1 Å². The minimum atomic E-state index is 1.10. The smallest absolute Gasteiger partial charge is 0.0817 e. The molecule has 0 radical (unpaired) electrons. The van der Waals surface area contributed by atoms with E-state index in [1.54, 1.807) is 0 Å². The molecule has 0 atom stereocenters. The third-order valence-electron chi connectivity index (χ3n) is 1.57.